The maximum atomic E-state index is 12.2. The Kier molecular flexibility index (Phi) is 3.72. The highest BCUT2D eigenvalue weighted by molar-refractivity contribution is 5.84. The molecule has 2 fully saturated rings. The van der Waals surface area contributed by atoms with Crippen molar-refractivity contribution in [3.63, 3.8) is 0 Å². The lowest BCUT2D eigenvalue weighted by Crippen LogP contribution is -2.35. The molecule has 2 aliphatic rings. The van der Waals surface area contributed by atoms with Crippen LogP contribution in [0.3, 0.4) is 0 Å². The second-order valence-electron chi connectivity index (χ2n) is 6.56. The molecule has 1 aromatic heterocycles. The average molecular weight is 328 g/mol. The summed E-state index contributed by atoms with van der Waals surface area (Å²) in [4.78, 5) is 33.3. The van der Waals surface area contributed by atoms with Gasteiger partial charge in [-0.15, -0.1) is 0 Å². The number of nitrogens with zero attached hydrogens (tertiary/aromatic N) is 2. The number of H-pyrrole nitrogens is 1. The molecular weight excluding hydrogens is 308 g/mol. The van der Waals surface area contributed by atoms with Crippen LogP contribution in [0, 0.1) is 18.8 Å². The van der Waals surface area contributed by atoms with Crippen molar-refractivity contribution in [3.8, 4) is 0 Å². The first kappa shape index (κ1) is 15.1. The molecular formula is C17H20N4O3. The third-order valence-electron chi connectivity index (χ3n) is 4.90. The predicted molar refractivity (Wildman–Crippen MR) is 87.1 cm³/mol. The predicted octanol–water partition coefficient (Wildman–Crippen LogP) is 0.592. The third kappa shape index (κ3) is 2.65. The SMILES string of the molecule is Cc1cccc2[nH]c(COCC(=O)N3C[C@@H]4CNC(=O)[C@@H]4C3)nc12. The van der Waals surface area contributed by atoms with Crippen LogP contribution in [0.25, 0.3) is 11.0 Å². The van der Waals surface area contributed by atoms with E-state index in [0.717, 1.165) is 16.6 Å². The summed E-state index contributed by atoms with van der Waals surface area (Å²) in [5, 5.41) is 2.84. The molecule has 2 amide bonds. The Balaban J connectivity index is 1.31. The summed E-state index contributed by atoms with van der Waals surface area (Å²) in [6, 6.07) is 5.96. The average Bonchev–Trinajstić information content (AvgIpc) is 3.24. The third-order valence-corrected chi connectivity index (χ3v) is 4.90. The summed E-state index contributed by atoms with van der Waals surface area (Å²) in [6.45, 7) is 4.10. The fourth-order valence-corrected chi connectivity index (χ4v) is 3.56. The van der Waals surface area contributed by atoms with Gasteiger partial charge in [0.2, 0.25) is 11.8 Å². The standard InChI is InChI=1S/C17H20N4O3/c1-10-3-2-4-13-16(10)20-14(19-13)8-24-9-15(22)21-6-11-5-18-17(23)12(11)7-21/h2-4,11-12H,5-9H2,1H3,(H,18,23)(H,19,20)/t11-,12+/m0/s1. The number of aromatic amines is 1. The zero-order valence-corrected chi connectivity index (χ0v) is 13.5. The number of hydrogen-bond acceptors (Lipinski definition) is 4. The first-order valence-corrected chi connectivity index (χ1v) is 8.19. The van der Waals surface area contributed by atoms with Crippen LogP contribution >= 0.6 is 0 Å². The molecule has 2 N–H and O–H groups in total. The van der Waals surface area contributed by atoms with Crippen molar-refractivity contribution in [2.45, 2.75) is 13.5 Å². The quantitative estimate of drug-likeness (QED) is 0.860. The van der Waals surface area contributed by atoms with Crippen molar-refractivity contribution in [1.82, 2.24) is 20.2 Å². The van der Waals surface area contributed by atoms with Gasteiger partial charge < -0.3 is 19.9 Å². The number of imidazole rings is 1. The van der Waals surface area contributed by atoms with Gasteiger partial charge in [0.25, 0.3) is 0 Å². The van der Waals surface area contributed by atoms with Crippen molar-refractivity contribution in [2.75, 3.05) is 26.2 Å². The number of carbonyl (C=O) groups excluding carboxylic acids is 2. The second kappa shape index (κ2) is 5.90. The Morgan fingerprint density at radius 3 is 3.08 bits per heavy atom. The van der Waals surface area contributed by atoms with Crippen LogP contribution in [0.1, 0.15) is 11.4 Å². The Morgan fingerprint density at radius 1 is 1.42 bits per heavy atom. The fourth-order valence-electron chi connectivity index (χ4n) is 3.56. The van der Waals surface area contributed by atoms with Gasteiger partial charge in [0, 0.05) is 25.6 Å². The Bertz CT molecular complexity index is 800. The Labute approximate surface area is 139 Å². The summed E-state index contributed by atoms with van der Waals surface area (Å²) in [5.74, 6) is 0.912. The molecule has 4 rings (SSSR count). The summed E-state index contributed by atoms with van der Waals surface area (Å²) < 4.78 is 5.53. The number of hydrogen-bond donors (Lipinski definition) is 2. The minimum atomic E-state index is -0.0653. The number of fused-ring (bicyclic) bond motifs is 2. The van der Waals surface area contributed by atoms with Crippen molar-refractivity contribution in [3.05, 3.63) is 29.6 Å². The monoisotopic (exact) mass is 328 g/mol. The van der Waals surface area contributed by atoms with Crippen molar-refractivity contribution in [1.29, 1.82) is 0 Å². The Hall–Kier alpha value is -2.41. The molecule has 2 aliphatic heterocycles. The van der Waals surface area contributed by atoms with Crippen LogP contribution in [0.5, 0.6) is 0 Å². The highest BCUT2D eigenvalue weighted by Crippen LogP contribution is 2.27. The minimum absolute atomic E-state index is 0.0110. The molecule has 7 heteroatoms. The number of nitrogens with one attached hydrogen (secondary N) is 2. The molecule has 1 aromatic carbocycles. The van der Waals surface area contributed by atoms with Gasteiger partial charge in [0.15, 0.2) is 0 Å². The molecule has 0 bridgehead atoms. The van der Waals surface area contributed by atoms with Crippen LogP contribution in [-0.2, 0) is 20.9 Å². The number of rotatable bonds is 4. The van der Waals surface area contributed by atoms with Crippen LogP contribution in [0.4, 0.5) is 0 Å². The van der Waals surface area contributed by atoms with E-state index in [2.05, 4.69) is 15.3 Å². The zero-order valence-electron chi connectivity index (χ0n) is 13.5. The van der Waals surface area contributed by atoms with E-state index in [1.807, 2.05) is 25.1 Å². The summed E-state index contributed by atoms with van der Waals surface area (Å²) in [6.07, 6.45) is 0. The molecule has 126 valence electrons. The van der Waals surface area contributed by atoms with Crippen LogP contribution in [0.15, 0.2) is 18.2 Å². The topological polar surface area (TPSA) is 87.3 Å². The highest BCUT2D eigenvalue weighted by Gasteiger charge is 2.43. The van der Waals surface area contributed by atoms with Crippen molar-refractivity contribution < 1.29 is 14.3 Å². The molecule has 0 radical (unpaired) electrons. The molecule has 0 unspecified atom stereocenters. The molecule has 24 heavy (non-hydrogen) atoms. The van der Waals surface area contributed by atoms with Crippen LogP contribution < -0.4 is 5.32 Å². The maximum absolute atomic E-state index is 12.2. The van der Waals surface area contributed by atoms with Gasteiger partial charge in [-0.2, -0.15) is 0 Å². The van der Waals surface area contributed by atoms with E-state index in [-0.39, 0.29) is 36.9 Å². The molecule has 7 nitrogen and oxygen atoms in total. The number of benzene rings is 1. The first-order valence-electron chi connectivity index (χ1n) is 8.19. The molecule has 0 aliphatic carbocycles. The number of para-hydroxylation sites is 1. The van der Waals surface area contributed by atoms with Crippen LogP contribution in [-0.4, -0.2) is 52.9 Å². The van der Waals surface area contributed by atoms with E-state index in [1.165, 1.54) is 0 Å². The lowest BCUT2D eigenvalue weighted by molar-refractivity contribution is -0.136. The smallest absolute Gasteiger partial charge is 0.248 e. The number of aryl methyl sites for hydroxylation is 1. The number of aromatic nitrogens is 2. The largest absolute Gasteiger partial charge is 0.364 e. The Morgan fingerprint density at radius 2 is 2.29 bits per heavy atom. The van der Waals surface area contributed by atoms with E-state index >= 15 is 0 Å². The molecule has 2 saturated heterocycles. The number of ether oxygens (including phenoxy) is 1. The van der Waals surface area contributed by atoms with Crippen molar-refractivity contribution >= 4 is 22.8 Å². The van der Waals surface area contributed by atoms with Gasteiger partial charge >= 0.3 is 0 Å². The second-order valence-corrected chi connectivity index (χ2v) is 6.56. The minimum Gasteiger partial charge on any atom is -0.364 e. The van der Waals surface area contributed by atoms with Gasteiger partial charge in [-0.3, -0.25) is 9.59 Å². The van der Waals surface area contributed by atoms with E-state index in [9.17, 15) is 9.59 Å². The lowest BCUT2D eigenvalue weighted by Gasteiger charge is -2.17. The van der Waals surface area contributed by atoms with Gasteiger partial charge in [-0.05, 0) is 18.6 Å². The first-order chi connectivity index (χ1) is 11.6. The fraction of sp³-hybridized carbons (Fsp3) is 0.471. The number of amides is 2. The zero-order chi connectivity index (χ0) is 16.7. The van der Waals surface area contributed by atoms with Crippen LogP contribution in [0.2, 0.25) is 0 Å². The lowest BCUT2D eigenvalue weighted by atomic mass is 10.0. The van der Waals surface area contributed by atoms with Crippen molar-refractivity contribution in [2.24, 2.45) is 11.8 Å². The summed E-state index contributed by atoms with van der Waals surface area (Å²) in [7, 11) is 0. The van der Waals surface area contributed by atoms with E-state index < -0.39 is 0 Å². The van der Waals surface area contributed by atoms with Gasteiger partial charge in [-0.1, -0.05) is 12.1 Å². The number of likely N-dealkylation sites (tertiary alicyclic amines) is 1. The van der Waals surface area contributed by atoms with E-state index in [4.69, 9.17) is 4.74 Å². The maximum Gasteiger partial charge on any atom is 0.248 e. The molecule has 3 heterocycles. The van der Waals surface area contributed by atoms with Gasteiger partial charge in [-0.25, -0.2) is 4.98 Å². The highest BCUT2D eigenvalue weighted by atomic mass is 16.5. The molecule has 2 aromatic rings. The molecule has 2 atom stereocenters. The summed E-state index contributed by atoms with van der Waals surface area (Å²) in [5.41, 5.74) is 3.01. The normalized spacial score (nSPS) is 22.9. The van der Waals surface area contributed by atoms with Gasteiger partial charge in [0.05, 0.1) is 17.0 Å². The van der Waals surface area contributed by atoms with E-state index in [0.29, 0.717) is 25.5 Å². The molecule has 0 spiro atoms. The molecule has 0 saturated carbocycles. The summed E-state index contributed by atoms with van der Waals surface area (Å²) >= 11 is 0. The van der Waals surface area contributed by atoms with Gasteiger partial charge in [0.1, 0.15) is 19.0 Å². The van der Waals surface area contributed by atoms with E-state index in [1.54, 1.807) is 4.90 Å². The number of carbonyl (C=O) groups is 2.